The molecule has 0 aliphatic carbocycles. The summed E-state index contributed by atoms with van der Waals surface area (Å²) in [7, 11) is 0. The number of carbonyl (C=O) groups excluding carboxylic acids is 3. The highest BCUT2D eigenvalue weighted by Gasteiger charge is 2.32. The largest absolute Gasteiger partial charge is 0.595 e. The number of amides is 2. The summed E-state index contributed by atoms with van der Waals surface area (Å²) in [6.45, 7) is 4.34. The van der Waals surface area contributed by atoms with Crippen molar-refractivity contribution in [2.45, 2.75) is 39.2 Å². The van der Waals surface area contributed by atoms with Gasteiger partial charge in [-0.05, 0) is 0 Å². The molecular weight excluding hydrogens is 256 g/mol. The Hall–Kier alpha value is -2.12. The molecule has 8 heteroatoms. The number of ether oxygens (including phenoxy) is 1. The minimum absolute atomic E-state index is 0.00925. The van der Waals surface area contributed by atoms with E-state index in [1.807, 2.05) is 0 Å². The highest BCUT2D eigenvalue weighted by Crippen LogP contribution is 2.12. The van der Waals surface area contributed by atoms with E-state index in [0.717, 1.165) is 0 Å². The maximum atomic E-state index is 11.3. The zero-order valence-electron chi connectivity index (χ0n) is 11.0. The predicted molar refractivity (Wildman–Crippen MR) is 60.3 cm³/mol. The topological polar surface area (TPSA) is 108 Å². The van der Waals surface area contributed by atoms with Crippen molar-refractivity contribution in [1.82, 2.24) is 5.06 Å². The molecule has 0 bridgehead atoms. The average molecular weight is 271 g/mol. The van der Waals surface area contributed by atoms with Crippen molar-refractivity contribution in [3.63, 3.8) is 0 Å². The van der Waals surface area contributed by atoms with Crippen molar-refractivity contribution in [2.75, 3.05) is 6.54 Å². The Kier molecular flexibility index (Phi) is 4.47. The number of hydrogen-bond donors (Lipinski definition) is 0. The second-order valence-corrected chi connectivity index (χ2v) is 4.84. The van der Waals surface area contributed by atoms with Crippen LogP contribution in [0.15, 0.2) is 4.99 Å². The van der Waals surface area contributed by atoms with Crippen LogP contribution < -0.4 is 5.11 Å². The summed E-state index contributed by atoms with van der Waals surface area (Å²) >= 11 is 0. The summed E-state index contributed by atoms with van der Waals surface area (Å²) in [5.74, 6) is -2.15. The first kappa shape index (κ1) is 14.9. The van der Waals surface area contributed by atoms with Gasteiger partial charge in [0.25, 0.3) is 11.8 Å². The van der Waals surface area contributed by atoms with E-state index >= 15 is 0 Å². The van der Waals surface area contributed by atoms with Crippen molar-refractivity contribution in [3.05, 3.63) is 0 Å². The van der Waals surface area contributed by atoms with E-state index < -0.39 is 36.0 Å². The minimum atomic E-state index is -0.977. The second kappa shape index (κ2) is 5.68. The molecule has 1 fully saturated rings. The highest BCUT2D eigenvalue weighted by molar-refractivity contribution is 6.01. The molecular formula is C11H15N2O6-. The number of hydrogen-bond acceptors (Lipinski definition) is 7. The lowest BCUT2D eigenvalue weighted by Gasteiger charge is -2.29. The first-order valence-electron chi connectivity index (χ1n) is 5.66. The lowest BCUT2D eigenvalue weighted by molar-refractivity contribution is -0.260. The molecule has 1 aliphatic heterocycles. The van der Waals surface area contributed by atoms with Gasteiger partial charge in [0.05, 0.1) is 0 Å². The van der Waals surface area contributed by atoms with Gasteiger partial charge in [0.2, 0.25) is 0 Å². The molecule has 1 aliphatic rings. The smallest absolute Gasteiger partial charge is 0.354 e. The van der Waals surface area contributed by atoms with Crippen LogP contribution in [0.2, 0.25) is 0 Å². The number of rotatable bonds is 3. The third-order valence-corrected chi connectivity index (χ3v) is 1.93. The van der Waals surface area contributed by atoms with Crippen LogP contribution in [0.25, 0.3) is 0 Å². The average Bonchev–Trinajstić information content (AvgIpc) is 2.56. The standard InChI is InChI=1S/C11H16N2O6/c1-11(2,3)18-10(17)12-6-9(16)19-13-7(14)4-5-8(13)15/h4-6H2,1-3H3,(H,12,17)/p-1. The maximum Gasteiger partial charge on any atom is 0.354 e. The van der Waals surface area contributed by atoms with Gasteiger partial charge >= 0.3 is 5.97 Å². The van der Waals surface area contributed by atoms with E-state index in [2.05, 4.69) is 9.83 Å². The van der Waals surface area contributed by atoms with Crippen LogP contribution >= 0.6 is 0 Å². The molecule has 8 nitrogen and oxygen atoms in total. The van der Waals surface area contributed by atoms with Gasteiger partial charge in [0.1, 0.15) is 12.6 Å². The van der Waals surface area contributed by atoms with E-state index in [1.165, 1.54) is 0 Å². The fourth-order valence-corrected chi connectivity index (χ4v) is 1.21. The van der Waals surface area contributed by atoms with Crippen molar-refractivity contribution in [1.29, 1.82) is 0 Å². The maximum absolute atomic E-state index is 11.3. The zero-order valence-corrected chi connectivity index (χ0v) is 11.0. The summed E-state index contributed by atoms with van der Waals surface area (Å²) in [5, 5.41) is 11.6. The third-order valence-electron chi connectivity index (χ3n) is 1.93. The van der Waals surface area contributed by atoms with Gasteiger partial charge in [0.15, 0.2) is 0 Å². The van der Waals surface area contributed by atoms with E-state index in [4.69, 9.17) is 4.74 Å². The van der Waals surface area contributed by atoms with Crippen LogP contribution in [-0.4, -0.2) is 41.1 Å². The first-order chi connectivity index (χ1) is 8.69. The van der Waals surface area contributed by atoms with E-state index in [9.17, 15) is 19.5 Å². The molecule has 0 saturated carbocycles. The number of imide groups is 1. The molecule has 0 atom stereocenters. The Morgan fingerprint density at radius 3 is 2.32 bits per heavy atom. The van der Waals surface area contributed by atoms with Gasteiger partial charge in [0, 0.05) is 18.4 Å². The predicted octanol–water partition coefficient (Wildman–Crippen LogP) is -0.875. The summed E-state index contributed by atoms with van der Waals surface area (Å²) in [4.78, 5) is 41.4. The minimum Gasteiger partial charge on any atom is -0.595 e. The number of nitrogens with zero attached hydrogens (tertiary/aromatic N) is 2. The highest BCUT2D eigenvalue weighted by atomic mass is 16.7. The molecule has 0 aromatic heterocycles. The van der Waals surface area contributed by atoms with Gasteiger partial charge in [-0.15, -0.1) is 5.06 Å². The van der Waals surface area contributed by atoms with Crippen LogP contribution in [0.1, 0.15) is 33.6 Å². The number of aliphatic imine (C=N–C) groups is 1. The second-order valence-electron chi connectivity index (χ2n) is 4.84. The van der Waals surface area contributed by atoms with Crippen LogP contribution in [-0.2, 0) is 24.0 Å². The molecule has 0 unspecified atom stereocenters. The molecule has 1 rings (SSSR count). The van der Waals surface area contributed by atoms with Gasteiger partial charge < -0.3 is 14.7 Å². The Bertz CT molecular complexity index is 407. The van der Waals surface area contributed by atoms with Gasteiger partial charge in [-0.25, -0.2) is 4.79 Å². The lowest BCUT2D eigenvalue weighted by Crippen LogP contribution is -2.35. The number of carbonyl (C=O) groups is 3. The van der Waals surface area contributed by atoms with Crippen molar-refractivity contribution < 1.29 is 29.1 Å². The van der Waals surface area contributed by atoms with Crippen molar-refractivity contribution in [2.24, 2.45) is 4.99 Å². The third kappa shape index (κ3) is 4.94. The van der Waals surface area contributed by atoms with Crippen LogP contribution in [0, 0.1) is 0 Å². The van der Waals surface area contributed by atoms with E-state index in [-0.39, 0.29) is 12.8 Å². The molecule has 2 amide bonds. The Morgan fingerprint density at radius 2 is 1.84 bits per heavy atom. The summed E-state index contributed by atoms with van der Waals surface area (Å²) in [6, 6.07) is 0. The number of hydroxylamine groups is 2. The Balaban J connectivity index is 2.46. The van der Waals surface area contributed by atoms with Gasteiger partial charge in [-0.1, -0.05) is 20.8 Å². The molecule has 1 heterocycles. The molecule has 19 heavy (non-hydrogen) atoms. The van der Waals surface area contributed by atoms with Gasteiger partial charge in [-0.2, -0.15) is 0 Å². The molecule has 0 radical (unpaired) electrons. The first-order valence-corrected chi connectivity index (χ1v) is 5.66. The van der Waals surface area contributed by atoms with Gasteiger partial charge in [-0.3, -0.25) is 14.6 Å². The molecule has 0 aromatic rings. The zero-order chi connectivity index (χ0) is 14.6. The normalized spacial score (nSPS) is 16.8. The van der Waals surface area contributed by atoms with Crippen molar-refractivity contribution >= 4 is 23.9 Å². The van der Waals surface area contributed by atoms with Crippen LogP contribution in [0.4, 0.5) is 0 Å². The molecule has 0 aromatic carbocycles. The Morgan fingerprint density at radius 1 is 1.32 bits per heavy atom. The SMILES string of the molecule is CC(C)(C)OC([O-])=NCC(=O)ON1C(=O)CCC1=O. The van der Waals surface area contributed by atoms with E-state index in [1.54, 1.807) is 20.8 Å². The molecule has 1 saturated heterocycles. The summed E-state index contributed by atoms with van der Waals surface area (Å²) in [5.41, 5.74) is -0.717. The molecule has 0 N–H and O–H groups in total. The fraction of sp³-hybridized carbons (Fsp3) is 0.636. The quantitative estimate of drug-likeness (QED) is 0.375. The summed E-state index contributed by atoms with van der Waals surface area (Å²) < 4.78 is 4.84. The van der Waals surface area contributed by atoms with Crippen LogP contribution in [0.5, 0.6) is 0 Å². The molecule has 106 valence electrons. The van der Waals surface area contributed by atoms with E-state index in [0.29, 0.717) is 5.06 Å². The van der Waals surface area contributed by atoms with Crippen LogP contribution in [0.3, 0.4) is 0 Å². The lowest BCUT2D eigenvalue weighted by atomic mass is 10.2. The summed E-state index contributed by atoms with van der Waals surface area (Å²) in [6.07, 6.45) is -0.895. The fourth-order valence-electron chi connectivity index (χ4n) is 1.21. The monoisotopic (exact) mass is 271 g/mol. The Labute approximate surface area is 109 Å². The molecule has 0 spiro atoms. The van der Waals surface area contributed by atoms with Crippen molar-refractivity contribution in [3.8, 4) is 0 Å².